The minimum Gasteiger partial charge on any atom is -0.481 e. The van der Waals surface area contributed by atoms with Crippen LogP contribution in [0.4, 0.5) is 4.79 Å². The summed E-state index contributed by atoms with van der Waals surface area (Å²) in [6.45, 7) is 7.45. The summed E-state index contributed by atoms with van der Waals surface area (Å²) in [5.74, 6) is -1.49. The number of amides is 2. The van der Waals surface area contributed by atoms with E-state index in [0.29, 0.717) is 6.42 Å². The minimum absolute atomic E-state index is 0.0786. The van der Waals surface area contributed by atoms with E-state index in [2.05, 4.69) is 22.8 Å². The summed E-state index contributed by atoms with van der Waals surface area (Å²) in [6.07, 6.45) is -0.387. The highest BCUT2D eigenvalue weighted by Gasteiger charge is 2.35. The molecule has 3 rings (SSSR count). The third-order valence-electron chi connectivity index (χ3n) is 5.99. The summed E-state index contributed by atoms with van der Waals surface area (Å²) in [4.78, 5) is 36.6. The second-order valence-electron chi connectivity index (χ2n) is 9.48. The Bertz CT molecular complexity index is 982. The molecule has 0 aliphatic heterocycles. The Hall–Kier alpha value is -3.35. The van der Waals surface area contributed by atoms with E-state index in [-0.39, 0.29) is 18.9 Å². The summed E-state index contributed by atoms with van der Waals surface area (Å²) in [5, 5.41) is 14.5. The van der Waals surface area contributed by atoms with Gasteiger partial charge in [0.2, 0.25) is 5.91 Å². The molecule has 2 aromatic rings. The first-order valence-corrected chi connectivity index (χ1v) is 11.3. The molecular formula is C26H32N2O5. The first-order chi connectivity index (χ1) is 15.6. The molecule has 2 aromatic carbocycles. The van der Waals surface area contributed by atoms with Crippen LogP contribution in [0.5, 0.6) is 0 Å². The summed E-state index contributed by atoms with van der Waals surface area (Å²) in [6, 6.07) is 14.8. The molecule has 7 nitrogen and oxygen atoms in total. The van der Waals surface area contributed by atoms with E-state index in [4.69, 9.17) is 9.84 Å². The zero-order valence-electron chi connectivity index (χ0n) is 19.6. The molecular weight excluding hydrogens is 420 g/mol. The molecule has 0 fully saturated rings. The van der Waals surface area contributed by atoms with Gasteiger partial charge in [-0.3, -0.25) is 9.59 Å². The van der Waals surface area contributed by atoms with Crippen molar-refractivity contribution in [2.75, 3.05) is 6.61 Å². The lowest BCUT2D eigenvalue weighted by molar-refractivity contribution is -0.137. The molecule has 0 saturated heterocycles. The number of nitrogens with one attached hydrogen (secondary N) is 2. The number of carbonyl (C=O) groups excluding carboxylic acids is 2. The first kappa shape index (κ1) is 24.3. The Balaban J connectivity index is 1.68. The standard InChI is InChI=1S/C26H32N2O5/c1-5-16(14-22(29)30)27-24(31)23(26(2,3)4)28-25(32)33-15-21-19-12-8-6-10-17(19)18-11-7-9-13-20(18)21/h6-13,16,21,23H,5,14-15H2,1-4H3,(H,27,31)(H,28,32)(H,29,30)/t16-,23-/m1/s1. The fourth-order valence-electron chi connectivity index (χ4n) is 4.23. The molecule has 2 atom stereocenters. The zero-order chi connectivity index (χ0) is 24.2. The number of benzene rings is 2. The summed E-state index contributed by atoms with van der Waals surface area (Å²) in [5.41, 5.74) is 3.89. The Morgan fingerprint density at radius 1 is 0.970 bits per heavy atom. The van der Waals surface area contributed by atoms with Crippen molar-refractivity contribution in [1.29, 1.82) is 0 Å². The Labute approximate surface area is 194 Å². The molecule has 0 unspecified atom stereocenters. The zero-order valence-corrected chi connectivity index (χ0v) is 19.6. The van der Waals surface area contributed by atoms with Crippen LogP contribution in [0, 0.1) is 5.41 Å². The highest BCUT2D eigenvalue weighted by atomic mass is 16.5. The molecule has 0 heterocycles. The molecule has 1 aliphatic carbocycles. The van der Waals surface area contributed by atoms with Crippen LogP contribution in [0.2, 0.25) is 0 Å². The van der Waals surface area contributed by atoms with Gasteiger partial charge >= 0.3 is 12.1 Å². The van der Waals surface area contributed by atoms with E-state index < -0.39 is 35.5 Å². The Morgan fingerprint density at radius 2 is 1.52 bits per heavy atom. The normalized spacial score (nSPS) is 14.5. The molecule has 0 aromatic heterocycles. The molecule has 1 aliphatic rings. The fraction of sp³-hybridized carbons (Fsp3) is 0.423. The predicted molar refractivity (Wildman–Crippen MR) is 126 cm³/mol. The topological polar surface area (TPSA) is 105 Å². The summed E-state index contributed by atoms with van der Waals surface area (Å²) < 4.78 is 5.59. The number of hydrogen-bond acceptors (Lipinski definition) is 4. The monoisotopic (exact) mass is 452 g/mol. The van der Waals surface area contributed by atoms with E-state index >= 15 is 0 Å². The van der Waals surface area contributed by atoms with Gasteiger partial charge < -0.3 is 20.5 Å². The van der Waals surface area contributed by atoms with Gasteiger partial charge in [0.15, 0.2) is 0 Å². The molecule has 176 valence electrons. The van der Waals surface area contributed by atoms with Crippen LogP contribution in [-0.4, -0.2) is 41.8 Å². The SMILES string of the molecule is CC[C@H](CC(=O)O)NC(=O)[C@@H](NC(=O)OCC1c2ccccc2-c2ccccc21)C(C)(C)C. The molecule has 3 N–H and O–H groups in total. The van der Waals surface area contributed by atoms with Gasteiger partial charge in [-0.2, -0.15) is 0 Å². The van der Waals surface area contributed by atoms with Crippen LogP contribution in [0.25, 0.3) is 11.1 Å². The number of carboxylic acids is 1. The smallest absolute Gasteiger partial charge is 0.407 e. The van der Waals surface area contributed by atoms with Gasteiger partial charge in [-0.1, -0.05) is 76.2 Å². The number of ether oxygens (including phenoxy) is 1. The van der Waals surface area contributed by atoms with Crippen molar-refractivity contribution < 1.29 is 24.2 Å². The average Bonchev–Trinajstić information content (AvgIpc) is 3.08. The van der Waals surface area contributed by atoms with Crippen LogP contribution < -0.4 is 10.6 Å². The second-order valence-corrected chi connectivity index (χ2v) is 9.48. The molecule has 0 saturated carbocycles. The van der Waals surface area contributed by atoms with Crippen molar-refractivity contribution in [3.8, 4) is 11.1 Å². The highest BCUT2D eigenvalue weighted by Crippen LogP contribution is 2.44. The highest BCUT2D eigenvalue weighted by molar-refractivity contribution is 5.87. The number of aliphatic carboxylic acids is 1. The number of carbonyl (C=O) groups is 3. The number of hydrogen-bond donors (Lipinski definition) is 3. The number of rotatable bonds is 8. The van der Waals surface area contributed by atoms with E-state index in [1.54, 1.807) is 6.92 Å². The minimum atomic E-state index is -0.987. The van der Waals surface area contributed by atoms with Crippen LogP contribution in [0.1, 0.15) is 57.6 Å². The van der Waals surface area contributed by atoms with E-state index in [9.17, 15) is 14.4 Å². The van der Waals surface area contributed by atoms with Crippen molar-refractivity contribution in [3.63, 3.8) is 0 Å². The molecule has 33 heavy (non-hydrogen) atoms. The van der Waals surface area contributed by atoms with Gasteiger partial charge in [-0.05, 0) is 34.1 Å². The summed E-state index contributed by atoms with van der Waals surface area (Å²) in [7, 11) is 0. The maximum atomic E-state index is 12.9. The van der Waals surface area contributed by atoms with Gasteiger partial charge in [-0.25, -0.2) is 4.79 Å². The molecule has 0 bridgehead atoms. The number of alkyl carbamates (subject to hydrolysis) is 1. The van der Waals surface area contributed by atoms with Crippen molar-refractivity contribution in [1.82, 2.24) is 10.6 Å². The predicted octanol–water partition coefficient (Wildman–Crippen LogP) is 4.31. The van der Waals surface area contributed by atoms with Crippen LogP contribution in [-0.2, 0) is 14.3 Å². The summed E-state index contributed by atoms with van der Waals surface area (Å²) >= 11 is 0. The van der Waals surface area contributed by atoms with Crippen LogP contribution >= 0.6 is 0 Å². The van der Waals surface area contributed by atoms with E-state index in [1.807, 2.05) is 57.2 Å². The van der Waals surface area contributed by atoms with Crippen LogP contribution in [0.3, 0.4) is 0 Å². The van der Waals surface area contributed by atoms with Gasteiger partial charge in [0.1, 0.15) is 12.6 Å². The molecule has 7 heteroatoms. The number of carboxylic acid groups (broad SMARTS) is 1. The third-order valence-corrected chi connectivity index (χ3v) is 5.99. The lowest BCUT2D eigenvalue weighted by atomic mass is 9.86. The van der Waals surface area contributed by atoms with Crippen molar-refractivity contribution >= 4 is 18.0 Å². The van der Waals surface area contributed by atoms with Gasteiger partial charge in [-0.15, -0.1) is 0 Å². The van der Waals surface area contributed by atoms with Crippen molar-refractivity contribution in [2.45, 2.75) is 58.5 Å². The Kier molecular flexibility index (Phi) is 7.41. The fourth-order valence-corrected chi connectivity index (χ4v) is 4.23. The van der Waals surface area contributed by atoms with Gasteiger partial charge in [0, 0.05) is 12.0 Å². The maximum absolute atomic E-state index is 12.9. The maximum Gasteiger partial charge on any atom is 0.407 e. The van der Waals surface area contributed by atoms with Crippen molar-refractivity contribution in [3.05, 3.63) is 59.7 Å². The van der Waals surface area contributed by atoms with E-state index in [1.165, 1.54) is 0 Å². The Morgan fingerprint density at radius 3 is 2.00 bits per heavy atom. The second kappa shape index (κ2) is 10.1. The van der Waals surface area contributed by atoms with Crippen LogP contribution in [0.15, 0.2) is 48.5 Å². The lowest BCUT2D eigenvalue weighted by Crippen LogP contribution is -2.55. The molecule has 0 spiro atoms. The molecule has 2 amide bonds. The molecule has 0 radical (unpaired) electrons. The average molecular weight is 453 g/mol. The van der Waals surface area contributed by atoms with E-state index in [0.717, 1.165) is 22.3 Å². The largest absolute Gasteiger partial charge is 0.481 e. The van der Waals surface area contributed by atoms with Gasteiger partial charge in [0.05, 0.1) is 6.42 Å². The number of fused-ring (bicyclic) bond motifs is 3. The first-order valence-electron chi connectivity index (χ1n) is 11.3. The quantitative estimate of drug-likeness (QED) is 0.554. The lowest BCUT2D eigenvalue weighted by Gasteiger charge is -2.31. The van der Waals surface area contributed by atoms with Gasteiger partial charge in [0.25, 0.3) is 0 Å². The van der Waals surface area contributed by atoms with Crippen molar-refractivity contribution in [2.24, 2.45) is 5.41 Å². The third kappa shape index (κ3) is 5.72.